The smallest absolute Gasteiger partial charge is 0.222 e. The Bertz CT molecular complexity index is 259. The Morgan fingerprint density at radius 1 is 1.28 bits per heavy atom. The number of nitrogens with two attached hydrogens (primary N) is 1. The Balaban J connectivity index is 2.19. The molecule has 4 nitrogen and oxygen atoms in total. The normalized spacial score (nSPS) is 24.9. The van der Waals surface area contributed by atoms with Gasteiger partial charge in [-0.05, 0) is 57.9 Å². The summed E-state index contributed by atoms with van der Waals surface area (Å²) in [5.41, 5.74) is 5.30. The lowest BCUT2D eigenvalue weighted by Crippen LogP contribution is -2.37. The van der Waals surface area contributed by atoms with E-state index in [1.54, 1.807) is 7.11 Å². The van der Waals surface area contributed by atoms with Gasteiger partial charge in [-0.25, -0.2) is 0 Å². The minimum atomic E-state index is -0.374. The molecule has 106 valence electrons. The molecule has 0 spiro atoms. The zero-order chi connectivity index (χ0) is 13.6. The molecule has 0 saturated heterocycles. The van der Waals surface area contributed by atoms with Crippen LogP contribution in [0, 0.1) is 11.8 Å². The first-order valence-electron chi connectivity index (χ1n) is 6.98. The Hall–Kier alpha value is -0.610. The third-order valence-electron chi connectivity index (χ3n) is 4.03. The van der Waals surface area contributed by atoms with Gasteiger partial charge in [0.15, 0.2) is 0 Å². The molecule has 1 fully saturated rings. The summed E-state index contributed by atoms with van der Waals surface area (Å²) in [6.45, 7) is 5.47. The number of amides is 1. The fraction of sp³-hybridized carbons (Fsp3) is 0.929. The number of hydrogen-bond acceptors (Lipinski definition) is 3. The van der Waals surface area contributed by atoms with Crippen LogP contribution < -0.4 is 11.1 Å². The average Bonchev–Trinajstić information content (AvgIpc) is 2.36. The van der Waals surface area contributed by atoms with E-state index in [1.807, 2.05) is 13.8 Å². The lowest BCUT2D eigenvalue weighted by molar-refractivity contribution is -0.126. The van der Waals surface area contributed by atoms with Crippen LogP contribution in [0.2, 0.25) is 0 Å². The van der Waals surface area contributed by atoms with Gasteiger partial charge in [0.05, 0.1) is 12.0 Å². The lowest BCUT2D eigenvalue weighted by atomic mass is 9.82. The molecular formula is C14H28N2O2. The van der Waals surface area contributed by atoms with Crippen LogP contribution in [-0.2, 0) is 9.53 Å². The number of methoxy groups -OCH3 is 1. The predicted molar refractivity (Wildman–Crippen MR) is 73.2 cm³/mol. The average molecular weight is 256 g/mol. The fourth-order valence-electron chi connectivity index (χ4n) is 2.45. The van der Waals surface area contributed by atoms with Gasteiger partial charge >= 0.3 is 0 Å². The molecule has 0 heterocycles. The van der Waals surface area contributed by atoms with Crippen molar-refractivity contribution in [3.63, 3.8) is 0 Å². The van der Waals surface area contributed by atoms with Crippen molar-refractivity contribution in [3.8, 4) is 0 Å². The summed E-state index contributed by atoms with van der Waals surface area (Å²) in [4.78, 5) is 11.8. The van der Waals surface area contributed by atoms with E-state index in [4.69, 9.17) is 10.5 Å². The van der Waals surface area contributed by atoms with Crippen LogP contribution in [0.4, 0.5) is 0 Å². The molecular weight excluding hydrogens is 228 g/mol. The second-order valence-electron chi connectivity index (χ2n) is 6.07. The van der Waals surface area contributed by atoms with E-state index in [0.717, 1.165) is 13.1 Å². The van der Waals surface area contributed by atoms with Crippen LogP contribution in [0.5, 0.6) is 0 Å². The minimum Gasteiger partial charge on any atom is -0.378 e. The number of hydrogen-bond donors (Lipinski definition) is 2. The highest BCUT2D eigenvalue weighted by atomic mass is 16.5. The van der Waals surface area contributed by atoms with Gasteiger partial charge in [-0.15, -0.1) is 0 Å². The molecule has 1 saturated carbocycles. The highest BCUT2D eigenvalue weighted by Crippen LogP contribution is 2.27. The van der Waals surface area contributed by atoms with E-state index in [0.29, 0.717) is 18.3 Å². The Kier molecular flexibility index (Phi) is 6.09. The van der Waals surface area contributed by atoms with Gasteiger partial charge in [0.2, 0.25) is 5.91 Å². The molecule has 1 aliphatic carbocycles. The molecule has 1 aliphatic rings. The lowest BCUT2D eigenvalue weighted by Gasteiger charge is -2.28. The molecule has 0 aromatic rings. The summed E-state index contributed by atoms with van der Waals surface area (Å²) in [6, 6.07) is 0. The summed E-state index contributed by atoms with van der Waals surface area (Å²) in [6.07, 6.45) is 5.22. The topological polar surface area (TPSA) is 64.3 Å². The van der Waals surface area contributed by atoms with Gasteiger partial charge in [-0.2, -0.15) is 0 Å². The van der Waals surface area contributed by atoms with E-state index in [1.165, 1.54) is 25.7 Å². The predicted octanol–water partition coefficient (Wildman–Crippen LogP) is 1.68. The van der Waals surface area contributed by atoms with Gasteiger partial charge in [0.1, 0.15) is 0 Å². The zero-order valence-electron chi connectivity index (χ0n) is 12.0. The SMILES string of the molecule is COC(C)(C)CC(=O)NCC1CCC(CN)CC1. The van der Waals surface area contributed by atoms with Crippen molar-refractivity contribution in [2.24, 2.45) is 17.6 Å². The molecule has 3 N–H and O–H groups in total. The number of nitrogens with one attached hydrogen (secondary N) is 1. The molecule has 0 aliphatic heterocycles. The molecule has 4 heteroatoms. The maximum atomic E-state index is 11.8. The van der Waals surface area contributed by atoms with Crippen molar-refractivity contribution in [3.05, 3.63) is 0 Å². The van der Waals surface area contributed by atoms with Gasteiger partial charge in [0, 0.05) is 13.7 Å². The molecule has 18 heavy (non-hydrogen) atoms. The van der Waals surface area contributed by atoms with Crippen LogP contribution in [0.3, 0.4) is 0 Å². The first kappa shape index (κ1) is 15.4. The van der Waals surface area contributed by atoms with Crippen molar-refractivity contribution in [1.29, 1.82) is 0 Å². The molecule has 0 aromatic heterocycles. The standard InChI is InChI=1S/C14H28N2O2/c1-14(2,18-3)8-13(17)16-10-12-6-4-11(9-15)5-7-12/h11-12H,4-10,15H2,1-3H3,(H,16,17). The van der Waals surface area contributed by atoms with Crippen molar-refractivity contribution in [2.75, 3.05) is 20.2 Å². The molecule has 1 amide bonds. The van der Waals surface area contributed by atoms with E-state index >= 15 is 0 Å². The summed E-state index contributed by atoms with van der Waals surface area (Å²) >= 11 is 0. The van der Waals surface area contributed by atoms with Crippen molar-refractivity contribution >= 4 is 5.91 Å². The van der Waals surface area contributed by atoms with Crippen molar-refractivity contribution in [1.82, 2.24) is 5.32 Å². The number of carbonyl (C=O) groups excluding carboxylic acids is 1. The highest BCUT2D eigenvalue weighted by Gasteiger charge is 2.23. The molecule has 1 rings (SSSR count). The highest BCUT2D eigenvalue weighted by molar-refractivity contribution is 5.76. The summed E-state index contributed by atoms with van der Waals surface area (Å²) in [7, 11) is 1.64. The van der Waals surface area contributed by atoms with E-state index in [9.17, 15) is 4.79 Å². The quantitative estimate of drug-likeness (QED) is 0.760. The molecule has 0 atom stereocenters. The number of carbonyl (C=O) groups is 1. The van der Waals surface area contributed by atoms with E-state index in [-0.39, 0.29) is 11.5 Å². The maximum absolute atomic E-state index is 11.8. The van der Waals surface area contributed by atoms with Gasteiger partial charge in [0.25, 0.3) is 0 Å². The first-order valence-corrected chi connectivity index (χ1v) is 6.98. The molecule has 0 radical (unpaired) electrons. The van der Waals surface area contributed by atoms with Gasteiger partial charge in [-0.3, -0.25) is 4.79 Å². The van der Waals surface area contributed by atoms with Gasteiger partial charge in [-0.1, -0.05) is 0 Å². The van der Waals surface area contributed by atoms with E-state index < -0.39 is 0 Å². The fourth-order valence-corrected chi connectivity index (χ4v) is 2.45. The third kappa shape index (κ3) is 5.36. The Morgan fingerprint density at radius 2 is 1.83 bits per heavy atom. The van der Waals surface area contributed by atoms with Crippen LogP contribution >= 0.6 is 0 Å². The minimum absolute atomic E-state index is 0.0859. The third-order valence-corrected chi connectivity index (χ3v) is 4.03. The van der Waals surface area contributed by atoms with Crippen LogP contribution in [0.15, 0.2) is 0 Å². The summed E-state index contributed by atoms with van der Waals surface area (Å²) < 4.78 is 5.25. The zero-order valence-corrected chi connectivity index (χ0v) is 12.0. The van der Waals surface area contributed by atoms with Crippen molar-refractivity contribution < 1.29 is 9.53 Å². The maximum Gasteiger partial charge on any atom is 0.222 e. The molecule has 0 unspecified atom stereocenters. The number of rotatable bonds is 6. The van der Waals surface area contributed by atoms with E-state index in [2.05, 4.69) is 5.32 Å². The molecule has 0 aromatic carbocycles. The number of ether oxygens (including phenoxy) is 1. The summed E-state index contributed by atoms with van der Waals surface area (Å²) in [5.74, 6) is 1.41. The first-order chi connectivity index (χ1) is 8.46. The Labute approximate surface area is 111 Å². The van der Waals surface area contributed by atoms with Crippen LogP contribution in [0.1, 0.15) is 46.0 Å². The van der Waals surface area contributed by atoms with Crippen molar-refractivity contribution in [2.45, 2.75) is 51.6 Å². The summed E-state index contributed by atoms with van der Waals surface area (Å²) in [5, 5.41) is 3.03. The molecule has 0 bridgehead atoms. The monoisotopic (exact) mass is 256 g/mol. The van der Waals surface area contributed by atoms with Crippen LogP contribution in [0.25, 0.3) is 0 Å². The second kappa shape index (κ2) is 7.10. The second-order valence-corrected chi connectivity index (χ2v) is 6.07. The van der Waals surface area contributed by atoms with Gasteiger partial charge < -0.3 is 15.8 Å². The Morgan fingerprint density at radius 3 is 2.33 bits per heavy atom. The van der Waals surface area contributed by atoms with Crippen LogP contribution in [-0.4, -0.2) is 31.7 Å². The largest absolute Gasteiger partial charge is 0.378 e.